The van der Waals surface area contributed by atoms with E-state index < -0.39 is 21.1 Å². The van der Waals surface area contributed by atoms with Crippen LogP contribution in [0.4, 0.5) is 5.69 Å². The van der Waals surface area contributed by atoms with Crippen molar-refractivity contribution in [3.63, 3.8) is 0 Å². The second-order valence-electron chi connectivity index (χ2n) is 5.11. The van der Waals surface area contributed by atoms with E-state index >= 15 is 0 Å². The fraction of sp³-hybridized carbons (Fsp3) is 0.125. The Hall–Kier alpha value is -2.18. The lowest BCUT2D eigenvalue weighted by Gasteiger charge is -2.12. The summed E-state index contributed by atoms with van der Waals surface area (Å²) in [6.45, 7) is 0. The molecule has 0 aliphatic carbocycles. The Morgan fingerprint density at radius 1 is 1.13 bits per heavy atom. The zero-order valence-electron chi connectivity index (χ0n) is 11.8. The fourth-order valence-corrected chi connectivity index (χ4v) is 4.21. The number of carboxylic acids is 1. The molecule has 1 aliphatic rings. The third-order valence-electron chi connectivity index (χ3n) is 3.63. The molecule has 5 nitrogen and oxygen atoms in total. The van der Waals surface area contributed by atoms with Gasteiger partial charge in [0.05, 0.1) is 16.3 Å². The maximum Gasteiger partial charge on any atom is 0.322 e. The molecular weight excluding hydrogens is 338 g/mol. The molecule has 0 fully saturated rings. The third-order valence-corrected chi connectivity index (χ3v) is 5.96. The Morgan fingerprint density at radius 3 is 2.43 bits per heavy atom. The summed E-state index contributed by atoms with van der Waals surface area (Å²) in [5.74, 6) is -1.39. The van der Waals surface area contributed by atoms with Gasteiger partial charge in [-0.15, -0.1) is 0 Å². The van der Waals surface area contributed by atoms with E-state index in [2.05, 4.69) is 4.99 Å². The Kier molecular flexibility index (Phi) is 3.95. The van der Waals surface area contributed by atoms with Crippen molar-refractivity contribution in [2.24, 2.45) is 4.99 Å². The Balaban J connectivity index is 2.22. The van der Waals surface area contributed by atoms with Crippen molar-refractivity contribution in [2.45, 2.75) is 16.6 Å². The summed E-state index contributed by atoms with van der Waals surface area (Å²) in [5.41, 5.74) is 1.30. The summed E-state index contributed by atoms with van der Waals surface area (Å²) in [5, 5.41) is 8.34. The number of aliphatic carboxylic acids is 1. The molecule has 0 amide bonds. The van der Waals surface area contributed by atoms with Crippen molar-refractivity contribution >= 4 is 38.8 Å². The number of hydrogen-bond donors (Lipinski definition) is 1. The molecular formula is C16H12ClNO4S. The molecule has 3 rings (SSSR count). The van der Waals surface area contributed by atoms with Crippen LogP contribution < -0.4 is 0 Å². The van der Waals surface area contributed by atoms with Gasteiger partial charge in [0, 0.05) is 11.4 Å². The van der Waals surface area contributed by atoms with Crippen molar-refractivity contribution in [2.75, 3.05) is 0 Å². The molecule has 2 aromatic rings. The van der Waals surface area contributed by atoms with Crippen molar-refractivity contribution in [3.8, 4) is 0 Å². The molecule has 7 heteroatoms. The predicted octanol–water partition coefficient (Wildman–Crippen LogP) is 3.09. The van der Waals surface area contributed by atoms with Gasteiger partial charge in [-0.1, -0.05) is 35.9 Å². The van der Waals surface area contributed by atoms with E-state index in [-0.39, 0.29) is 17.0 Å². The van der Waals surface area contributed by atoms with Gasteiger partial charge in [-0.05, 0) is 29.8 Å². The number of carboxylic acid groups (broad SMARTS) is 1. The van der Waals surface area contributed by atoms with E-state index in [9.17, 15) is 18.3 Å². The average molecular weight is 350 g/mol. The van der Waals surface area contributed by atoms with Gasteiger partial charge in [0.2, 0.25) is 0 Å². The van der Waals surface area contributed by atoms with E-state index in [1.165, 1.54) is 6.07 Å². The molecule has 0 radical (unpaired) electrons. The molecule has 1 heterocycles. The lowest BCUT2D eigenvalue weighted by Crippen LogP contribution is -2.31. The lowest BCUT2D eigenvalue weighted by molar-refractivity contribution is -0.136. The van der Waals surface area contributed by atoms with Gasteiger partial charge < -0.3 is 5.11 Å². The molecule has 2 aromatic carbocycles. The highest BCUT2D eigenvalue weighted by Crippen LogP contribution is 2.33. The second kappa shape index (κ2) is 5.79. The SMILES string of the molecule is O=C(O)C1CC(c2ccc(Cl)cc2)=Nc2ccccc2S1(=O)=O. The summed E-state index contributed by atoms with van der Waals surface area (Å²) >= 11 is 5.86. The number of sulfone groups is 1. The molecule has 0 bridgehead atoms. The zero-order valence-corrected chi connectivity index (χ0v) is 13.4. The topological polar surface area (TPSA) is 83.8 Å². The number of nitrogens with zero attached hydrogens (tertiary/aromatic N) is 1. The summed E-state index contributed by atoms with van der Waals surface area (Å²) in [7, 11) is -4.01. The quantitative estimate of drug-likeness (QED) is 0.902. The van der Waals surface area contributed by atoms with Gasteiger partial charge in [-0.3, -0.25) is 9.79 Å². The summed E-state index contributed by atoms with van der Waals surface area (Å²) in [6, 6.07) is 12.9. The van der Waals surface area contributed by atoms with Crippen LogP contribution in [-0.2, 0) is 14.6 Å². The summed E-state index contributed by atoms with van der Waals surface area (Å²) in [4.78, 5) is 15.8. The second-order valence-corrected chi connectivity index (χ2v) is 7.64. The molecule has 23 heavy (non-hydrogen) atoms. The highest BCUT2D eigenvalue weighted by Gasteiger charge is 2.38. The fourth-order valence-electron chi connectivity index (χ4n) is 2.46. The van der Waals surface area contributed by atoms with E-state index in [4.69, 9.17) is 11.6 Å². The predicted molar refractivity (Wildman–Crippen MR) is 87.3 cm³/mol. The van der Waals surface area contributed by atoms with Crippen LogP contribution in [0.25, 0.3) is 0 Å². The lowest BCUT2D eigenvalue weighted by atomic mass is 10.1. The molecule has 1 aliphatic heterocycles. The number of rotatable bonds is 2. The molecule has 0 aromatic heterocycles. The van der Waals surface area contributed by atoms with Gasteiger partial charge in [-0.2, -0.15) is 0 Å². The van der Waals surface area contributed by atoms with Gasteiger partial charge in [-0.25, -0.2) is 8.42 Å². The number of fused-ring (bicyclic) bond motifs is 1. The van der Waals surface area contributed by atoms with Crippen LogP contribution in [0, 0.1) is 0 Å². The molecule has 0 saturated heterocycles. The van der Waals surface area contributed by atoms with Gasteiger partial charge in [0.25, 0.3) is 0 Å². The first kappa shape index (κ1) is 15.7. The first-order valence-electron chi connectivity index (χ1n) is 6.79. The number of halogens is 1. The van der Waals surface area contributed by atoms with Crippen LogP contribution in [0.1, 0.15) is 12.0 Å². The summed E-state index contributed by atoms with van der Waals surface area (Å²) in [6.07, 6.45) is -0.200. The van der Waals surface area contributed by atoms with Crippen LogP contribution in [-0.4, -0.2) is 30.5 Å². The average Bonchev–Trinajstić information content (AvgIpc) is 2.63. The van der Waals surface area contributed by atoms with Crippen molar-refractivity contribution in [1.29, 1.82) is 0 Å². The Morgan fingerprint density at radius 2 is 1.78 bits per heavy atom. The van der Waals surface area contributed by atoms with Crippen molar-refractivity contribution in [3.05, 3.63) is 59.1 Å². The van der Waals surface area contributed by atoms with Crippen LogP contribution in [0.5, 0.6) is 0 Å². The van der Waals surface area contributed by atoms with E-state index in [1.807, 2.05) is 0 Å². The smallest absolute Gasteiger partial charge is 0.322 e. The Bertz CT molecular complexity index is 904. The number of aliphatic imine (C=N–C) groups is 1. The molecule has 1 atom stereocenters. The van der Waals surface area contributed by atoms with Gasteiger partial charge in [0.1, 0.15) is 0 Å². The zero-order chi connectivity index (χ0) is 16.6. The van der Waals surface area contributed by atoms with E-state index in [0.717, 1.165) is 0 Å². The molecule has 0 saturated carbocycles. The maximum absolute atomic E-state index is 12.6. The standard InChI is InChI=1S/C16H12ClNO4S/c17-11-7-5-10(6-8-11)13-9-15(16(19)20)23(21,22)14-4-2-1-3-12(14)18-13/h1-8,15H,9H2,(H,19,20). The van der Waals surface area contributed by atoms with Crippen LogP contribution in [0.2, 0.25) is 5.02 Å². The van der Waals surface area contributed by atoms with E-state index in [1.54, 1.807) is 42.5 Å². The van der Waals surface area contributed by atoms with E-state index in [0.29, 0.717) is 16.3 Å². The van der Waals surface area contributed by atoms with Crippen molar-refractivity contribution < 1.29 is 18.3 Å². The summed E-state index contributed by atoms with van der Waals surface area (Å²) < 4.78 is 25.2. The van der Waals surface area contributed by atoms with Crippen LogP contribution in [0.15, 0.2) is 58.4 Å². The first-order valence-corrected chi connectivity index (χ1v) is 8.71. The minimum atomic E-state index is -4.01. The minimum absolute atomic E-state index is 0.0589. The number of para-hydroxylation sites is 1. The molecule has 0 spiro atoms. The van der Waals surface area contributed by atoms with Gasteiger partial charge >= 0.3 is 5.97 Å². The largest absolute Gasteiger partial charge is 0.480 e. The van der Waals surface area contributed by atoms with Crippen LogP contribution >= 0.6 is 11.6 Å². The molecule has 118 valence electrons. The van der Waals surface area contributed by atoms with Crippen LogP contribution in [0.3, 0.4) is 0 Å². The van der Waals surface area contributed by atoms with Crippen molar-refractivity contribution in [1.82, 2.24) is 0 Å². The minimum Gasteiger partial charge on any atom is -0.480 e. The monoisotopic (exact) mass is 349 g/mol. The maximum atomic E-state index is 12.6. The number of carbonyl (C=O) groups is 1. The normalized spacial score (nSPS) is 19.3. The highest BCUT2D eigenvalue weighted by molar-refractivity contribution is 7.93. The molecule has 1 unspecified atom stereocenters. The number of hydrogen-bond acceptors (Lipinski definition) is 4. The third kappa shape index (κ3) is 2.87. The Labute approximate surface area is 138 Å². The first-order chi connectivity index (χ1) is 10.9. The highest BCUT2D eigenvalue weighted by atomic mass is 35.5. The van der Waals surface area contributed by atoms with Gasteiger partial charge in [0.15, 0.2) is 15.1 Å². The molecule has 1 N–H and O–H groups in total. The number of benzene rings is 2.